The van der Waals surface area contributed by atoms with Crippen molar-refractivity contribution in [1.29, 1.82) is 0 Å². The molecule has 4 atom stereocenters. The summed E-state index contributed by atoms with van der Waals surface area (Å²) in [7, 11) is 0. The molecule has 1 aliphatic heterocycles. The number of nitrogens with zero attached hydrogens (tertiary/aromatic N) is 1. The molecule has 0 aromatic carbocycles. The number of hydrogen-bond donors (Lipinski definition) is 3. The fourth-order valence-electron chi connectivity index (χ4n) is 2.14. The highest BCUT2D eigenvalue weighted by molar-refractivity contribution is 5.09. The van der Waals surface area contributed by atoms with Crippen molar-refractivity contribution in [3.63, 3.8) is 0 Å². The zero-order chi connectivity index (χ0) is 14.4. The molecule has 0 radical (unpaired) electrons. The van der Waals surface area contributed by atoms with Crippen LogP contribution in [-0.2, 0) is 4.74 Å². The van der Waals surface area contributed by atoms with Gasteiger partial charge in [-0.15, -0.1) is 0 Å². The molecule has 0 amide bonds. The van der Waals surface area contributed by atoms with Gasteiger partial charge in [0.1, 0.15) is 11.7 Å². The predicted molar refractivity (Wildman–Crippen MR) is 62.5 cm³/mol. The van der Waals surface area contributed by atoms with Crippen molar-refractivity contribution >= 4 is 0 Å². The fraction of sp³-hybridized carbons (Fsp3) is 0.636. The number of aromatic nitrogens is 2. The van der Waals surface area contributed by atoms with E-state index in [-0.39, 0.29) is 0 Å². The number of alkyl halides is 1. The standard InChI is InChI=1S/C11H15FN2O5/c1-10(12)8(19-6(5-15)11(10,2)18)14-4-3-7(16)13-9(14)17/h3-4,6,8,15,18H,5H2,1-2H3,(H,13,16,17)/t6-,8-,10-,11-/m1/s1. The molecule has 19 heavy (non-hydrogen) atoms. The smallest absolute Gasteiger partial charge is 0.330 e. The Morgan fingerprint density at radius 3 is 2.63 bits per heavy atom. The normalized spacial score (nSPS) is 38.6. The van der Waals surface area contributed by atoms with Gasteiger partial charge in [-0.2, -0.15) is 0 Å². The minimum atomic E-state index is -2.32. The van der Waals surface area contributed by atoms with E-state index in [1.807, 2.05) is 4.98 Å². The van der Waals surface area contributed by atoms with Gasteiger partial charge in [0.15, 0.2) is 11.9 Å². The molecule has 106 valence electrons. The Labute approximate surface area is 107 Å². The van der Waals surface area contributed by atoms with Crippen LogP contribution >= 0.6 is 0 Å². The summed E-state index contributed by atoms with van der Waals surface area (Å²) in [4.78, 5) is 24.6. The lowest BCUT2D eigenvalue weighted by Gasteiger charge is -2.32. The van der Waals surface area contributed by atoms with Gasteiger partial charge in [-0.1, -0.05) is 0 Å². The van der Waals surface area contributed by atoms with Crippen molar-refractivity contribution in [2.45, 2.75) is 37.4 Å². The lowest BCUT2D eigenvalue weighted by atomic mass is 9.85. The molecule has 0 saturated carbocycles. The highest BCUT2D eigenvalue weighted by Crippen LogP contribution is 2.47. The number of hydrogen-bond acceptors (Lipinski definition) is 5. The first-order valence-corrected chi connectivity index (χ1v) is 5.71. The number of aliphatic hydroxyl groups excluding tert-OH is 1. The van der Waals surface area contributed by atoms with Crippen molar-refractivity contribution in [3.8, 4) is 0 Å². The molecule has 0 unspecified atom stereocenters. The molecule has 2 rings (SSSR count). The van der Waals surface area contributed by atoms with E-state index in [1.54, 1.807) is 0 Å². The molecule has 3 N–H and O–H groups in total. The zero-order valence-electron chi connectivity index (χ0n) is 10.5. The SMILES string of the molecule is C[C@@]1(O)[C@@H](CO)O[C@@H](n2ccc(=O)[nH]c2=O)[C@@]1(C)F. The third-order valence-electron chi connectivity index (χ3n) is 3.64. The van der Waals surface area contributed by atoms with E-state index in [0.29, 0.717) is 0 Å². The van der Waals surface area contributed by atoms with Crippen LogP contribution in [0.25, 0.3) is 0 Å². The Morgan fingerprint density at radius 1 is 1.53 bits per heavy atom. The Kier molecular flexibility index (Phi) is 3.12. The predicted octanol–water partition coefficient (Wildman–Crippen LogP) is -1.09. The Morgan fingerprint density at radius 2 is 2.16 bits per heavy atom. The van der Waals surface area contributed by atoms with Gasteiger partial charge in [0.2, 0.25) is 0 Å². The number of ether oxygens (including phenoxy) is 1. The van der Waals surface area contributed by atoms with Gasteiger partial charge in [0.25, 0.3) is 5.56 Å². The summed E-state index contributed by atoms with van der Waals surface area (Å²) in [6.45, 7) is 1.66. The maximum atomic E-state index is 14.7. The van der Waals surface area contributed by atoms with Gasteiger partial charge in [-0.3, -0.25) is 14.3 Å². The minimum Gasteiger partial charge on any atom is -0.394 e. The Hall–Kier alpha value is -1.51. The molecule has 0 spiro atoms. The van der Waals surface area contributed by atoms with Crippen LogP contribution in [-0.4, -0.2) is 43.7 Å². The highest BCUT2D eigenvalue weighted by Gasteiger charge is 2.63. The molecule has 0 aliphatic carbocycles. The number of rotatable bonds is 2. The Balaban J connectivity index is 2.52. The zero-order valence-corrected chi connectivity index (χ0v) is 10.5. The topological polar surface area (TPSA) is 105 Å². The molecule has 1 aromatic heterocycles. The number of aromatic amines is 1. The molecule has 1 saturated heterocycles. The molecule has 1 aromatic rings. The number of H-pyrrole nitrogens is 1. The van der Waals surface area contributed by atoms with E-state index in [1.165, 1.54) is 6.92 Å². The third kappa shape index (κ3) is 1.92. The summed E-state index contributed by atoms with van der Waals surface area (Å²) in [6, 6.07) is 1.04. The molecule has 1 aliphatic rings. The van der Waals surface area contributed by atoms with Gasteiger partial charge in [-0.05, 0) is 13.8 Å². The molecule has 0 bridgehead atoms. The highest BCUT2D eigenvalue weighted by atomic mass is 19.1. The second-order valence-electron chi connectivity index (χ2n) is 4.90. The lowest BCUT2D eigenvalue weighted by molar-refractivity contribution is -0.0892. The van der Waals surface area contributed by atoms with Crippen LogP contribution < -0.4 is 11.2 Å². The fourth-order valence-corrected chi connectivity index (χ4v) is 2.14. The van der Waals surface area contributed by atoms with Gasteiger partial charge >= 0.3 is 5.69 Å². The number of aliphatic hydroxyl groups is 2. The largest absolute Gasteiger partial charge is 0.394 e. The van der Waals surface area contributed by atoms with Crippen molar-refractivity contribution in [2.24, 2.45) is 0 Å². The summed E-state index contributed by atoms with van der Waals surface area (Å²) in [5.74, 6) is 0. The lowest BCUT2D eigenvalue weighted by Crippen LogP contribution is -2.52. The van der Waals surface area contributed by atoms with E-state index in [2.05, 4.69) is 0 Å². The van der Waals surface area contributed by atoms with E-state index < -0.39 is 41.5 Å². The van der Waals surface area contributed by atoms with E-state index in [0.717, 1.165) is 23.8 Å². The first kappa shape index (κ1) is 13.9. The van der Waals surface area contributed by atoms with Gasteiger partial charge < -0.3 is 14.9 Å². The monoisotopic (exact) mass is 274 g/mol. The van der Waals surface area contributed by atoms with Crippen LogP contribution in [0.1, 0.15) is 20.1 Å². The van der Waals surface area contributed by atoms with Crippen LogP contribution in [0.2, 0.25) is 0 Å². The number of nitrogens with one attached hydrogen (secondary N) is 1. The van der Waals surface area contributed by atoms with Crippen molar-refractivity contribution in [2.75, 3.05) is 6.61 Å². The summed E-state index contributed by atoms with van der Waals surface area (Å²) in [6.07, 6.45) is -1.53. The van der Waals surface area contributed by atoms with Crippen LogP contribution in [0.15, 0.2) is 21.9 Å². The molecule has 2 heterocycles. The van der Waals surface area contributed by atoms with Crippen molar-refractivity contribution in [1.82, 2.24) is 9.55 Å². The van der Waals surface area contributed by atoms with Crippen LogP contribution in [0.5, 0.6) is 0 Å². The quantitative estimate of drug-likeness (QED) is 0.635. The summed E-state index contributed by atoms with van der Waals surface area (Å²) >= 11 is 0. The molecular weight excluding hydrogens is 259 g/mol. The summed E-state index contributed by atoms with van der Waals surface area (Å²) in [5, 5.41) is 19.2. The third-order valence-corrected chi connectivity index (χ3v) is 3.64. The molecular formula is C11H15FN2O5. The van der Waals surface area contributed by atoms with Crippen molar-refractivity contribution in [3.05, 3.63) is 33.1 Å². The van der Waals surface area contributed by atoms with Gasteiger partial charge in [0, 0.05) is 12.3 Å². The van der Waals surface area contributed by atoms with E-state index in [4.69, 9.17) is 9.84 Å². The van der Waals surface area contributed by atoms with Gasteiger partial charge in [0.05, 0.1) is 6.61 Å². The first-order chi connectivity index (χ1) is 8.71. The Bertz CT molecular complexity index is 591. The van der Waals surface area contributed by atoms with Gasteiger partial charge in [-0.25, -0.2) is 9.18 Å². The molecule has 8 heteroatoms. The minimum absolute atomic E-state index is 0.596. The van der Waals surface area contributed by atoms with Crippen molar-refractivity contribution < 1.29 is 19.3 Å². The first-order valence-electron chi connectivity index (χ1n) is 5.71. The summed E-state index contributed by atoms with van der Waals surface area (Å²) in [5.41, 5.74) is -5.76. The number of halogens is 1. The maximum absolute atomic E-state index is 14.7. The second-order valence-corrected chi connectivity index (χ2v) is 4.90. The maximum Gasteiger partial charge on any atom is 0.330 e. The molecule has 7 nitrogen and oxygen atoms in total. The molecule has 1 fully saturated rings. The summed E-state index contributed by atoms with van der Waals surface area (Å²) < 4.78 is 20.8. The average Bonchev–Trinajstić information content (AvgIpc) is 2.47. The van der Waals surface area contributed by atoms with Crippen LogP contribution in [0.3, 0.4) is 0 Å². The van der Waals surface area contributed by atoms with Crippen LogP contribution in [0.4, 0.5) is 4.39 Å². The van der Waals surface area contributed by atoms with E-state index in [9.17, 15) is 19.1 Å². The van der Waals surface area contributed by atoms with Crippen LogP contribution in [0, 0.1) is 0 Å². The van der Waals surface area contributed by atoms with E-state index >= 15 is 0 Å². The second kappa shape index (κ2) is 4.26. The average molecular weight is 274 g/mol.